The third-order valence-corrected chi connectivity index (χ3v) is 5.06. The first-order chi connectivity index (χ1) is 8.14. The molecule has 1 saturated heterocycles. The molecule has 0 aromatic carbocycles. The summed E-state index contributed by atoms with van der Waals surface area (Å²) >= 11 is 0. The molecule has 0 aromatic heterocycles. The SMILES string of the molecule is CCCC(O)(CC)C1CCOC2(CCCC2)C1. The molecule has 0 bridgehead atoms. The number of hydrogen-bond donors (Lipinski definition) is 1. The lowest BCUT2D eigenvalue weighted by Gasteiger charge is -2.45. The van der Waals surface area contributed by atoms with Gasteiger partial charge in [-0.05, 0) is 44.4 Å². The van der Waals surface area contributed by atoms with Gasteiger partial charge in [0.2, 0.25) is 0 Å². The number of ether oxygens (including phenoxy) is 1. The van der Waals surface area contributed by atoms with Gasteiger partial charge in [0.25, 0.3) is 0 Å². The van der Waals surface area contributed by atoms with E-state index in [0.29, 0.717) is 5.92 Å². The fourth-order valence-electron chi connectivity index (χ4n) is 3.96. The smallest absolute Gasteiger partial charge is 0.0686 e. The Labute approximate surface area is 106 Å². The Kier molecular flexibility index (Phi) is 4.14. The van der Waals surface area contributed by atoms with Crippen molar-refractivity contribution in [3.63, 3.8) is 0 Å². The summed E-state index contributed by atoms with van der Waals surface area (Å²) in [5.41, 5.74) is -0.298. The van der Waals surface area contributed by atoms with E-state index in [4.69, 9.17) is 4.74 Å². The summed E-state index contributed by atoms with van der Waals surface area (Å²) in [4.78, 5) is 0. The Balaban J connectivity index is 2.05. The van der Waals surface area contributed by atoms with Gasteiger partial charge in [-0.25, -0.2) is 0 Å². The second-order valence-electron chi connectivity index (χ2n) is 6.14. The molecule has 2 atom stereocenters. The van der Waals surface area contributed by atoms with E-state index in [-0.39, 0.29) is 5.60 Å². The summed E-state index contributed by atoms with van der Waals surface area (Å²) < 4.78 is 6.06. The summed E-state index contributed by atoms with van der Waals surface area (Å²) in [6.07, 6.45) is 10.1. The maximum absolute atomic E-state index is 10.8. The van der Waals surface area contributed by atoms with Crippen LogP contribution in [0.25, 0.3) is 0 Å². The topological polar surface area (TPSA) is 29.5 Å². The van der Waals surface area contributed by atoms with Gasteiger partial charge in [0.05, 0.1) is 11.2 Å². The van der Waals surface area contributed by atoms with Gasteiger partial charge in [-0.1, -0.05) is 33.1 Å². The van der Waals surface area contributed by atoms with Gasteiger partial charge in [-0.15, -0.1) is 0 Å². The van der Waals surface area contributed by atoms with Crippen LogP contribution in [-0.4, -0.2) is 22.9 Å². The standard InChI is InChI=1S/C15H28O2/c1-3-8-15(16,4-2)13-7-11-17-14(12-13)9-5-6-10-14/h13,16H,3-12H2,1-2H3. The minimum absolute atomic E-state index is 0.139. The van der Waals surface area contributed by atoms with Crippen LogP contribution in [0.1, 0.15) is 71.6 Å². The molecule has 1 heterocycles. The largest absolute Gasteiger partial charge is 0.390 e. The molecule has 0 aromatic rings. The quantitative estimate of drug-likeness (QED) is 0.812. The average Bonchev–Trinajstić information content (AvgIpc) is 2.77. The predicted molar refractivity (Wildman–Crippen MR) is 70.0 cm³/mol. The van der Waals surface area contributed by atoms with Crippen LogP contribution in [-0.2, 0) is 4.74 Å². The molecule has 0 amide bonds. The zero-order chi connectivity index (χ0) is 12.4. The van der Waals surface area contributed by atoms with Crippen LogP contribution in [0, 0.1) is 5.92 Å². The predicted octanol–water partition coefficient (Wildman–Crippen LogP) is 3.67. The molecule has 100 valence electrons. The van der Waals surface area contributed by atoms with Crippen molar-refractivity contribution < 1.29 is 9.84 Å². The fourth-order valence-corrected chi connectivity index (χ4v) is 3.96. The van der Waals surface area contributed by atoms with Crippen molar-refractivity contribution in [3.05, 3.63) is 0 Å². The van der Waals surface area contributed by atoms with Crippen molar-refractivity contribution in [1.29, 1.82) is 0 Å². The summed E-state index contributed by atoms with van der Waals surface area (Å²) in [7, 11) is 0. The Morgan fingerprint density at radius 2 is 2.00 bits per heavy atom. The van der Waals surface area contributed by atoms with E-state index in [2.05, 4.69) is 13.8 Å². The molecular weight excluding hydrogens is 212 g/mol. The Hall–Kier alpha value is -0.0800. The van der Waals surface area contributed by atoms with Gasteiger partial charge in [-0.3, -0.25) is 0 Å². The molecule has 0 radical (unpaired) electrons. The van der Waals surface area contributed by atoms with Gasteiger partial charge in [0, 0.05) is 6.61 Å². The van der Waals surface area contributed by atoms with Crippen LogP contribution < -0.4 is 0 Å². The number of aliphatic hydroxyl groups is 1. The Bertz CT molecular complexity index is 245. The highest BCUT2D eigenvalue weighted by atomic mass is 16.5. The highest BCUT2D eigenvalue weighted by molar-refractivity contribution is 4.97. The summed E-state index contributed by atoms with van der Waals surface area (Å²) in [5, 5.41) is 10.8. The first-order valence-corrected chi connectivity index (χ1v) is 7.50. The van der Waals surface area contributed by atoms with Gasteiger partial charge >= 0.3 is 0 Å². The van der Waals surface area contributed by atoms with Gasteiger partial charge in [-0.2, -0.15) is 0 Å². The second-order valence-corrected chi connectivity index (χ2v) is 6.14. The maximum Gasteiger partial charge on any atom is 0.0686 e. The van der Waals surface area contributed by atoms with Gasteiger partial charge < -0.3 is 9.84 Å². The lowest BCUT2D eigenvalue weighted by Crippen LogP contribution is -2.47. The third kappa shape index (κ3) is 2.68. The molecule has 2 heteroatoms. The van der Waals surface area contributed by atoms with Crippen molar-refractivity contribution in [2.75, 3.05) is 6.61 Å². The van der Waals surface area contributed by atoms with E-state index in [1.165, 1.54) is 25.7 Å². The van der Waals surface area contributed by atoms with Crippen molar-refractivity contribution in [2.45, 2.75) is 82.8 Å². The monoisotopic (exact) mass is 240 g/mol. The molecule has 1 saturated carbocycles. The van der Waals surface area contributed by atoms with Crippen LogP contribution >= 0.6 is 0 Å². The van der Waals surface area contributed by atoms with Crippen molar-refractivity contribution >= 4 is 0 Å². The van der Waals surface area contributed by atoms with Crippen LogP contribution in [0.5, 0.6) is 0 Å². The lowest BCUT2D eigenvalue weighted by molar-refractivity contribution is -0.143. The lowest BCUT2D eigenvalue weighted by atomic mass is 9.72. The molecule has 1 aliphatic carbocycles. The highest BCUT2D eigenvalue weighted by Gasteiger charge is 2.45. The van der Waals surface area contributed by atoms with Crippen LogP contribution in [0.4, 0.5) is 0 Å². The molecule has 2 fully saturated rings. The van der Waals surface area contributed by atoms with Crippen molar-refractivity contribution in [2.24, 2.45) is 5.92 Å². The van der Waals surface area contributed by atoms with E-state index < -0.39 is 5.60 Å². The van der Waals surface area contributed by atoms with Crippen LogP contribution in [0.3, 0.4) is 0 Å². The molecular formula is C15H28O2. The molecule has 17 heavy (non-hydrogen) atoms. The number of hydrogen-bond acceptors (Lipinski definition) is 2. The summed E-state index contributed by atoms with van der Waals surface area (Å²) in [5.74, 6) is 0.458. The molecule has 1 spiro atoms. The van der Waals surface area contributed by atoms with E-state index in [0.717, 1.165) is 38.7 Å². The molecule has 1 aliphatic heterocycles. The normalized spacial score (nSPS) is 31.6. The van der Waals surface area contributed by atoms with Crippen LogP contribution in [0.2, 0.25) is 0 Å². The molecule has 2 nitrogen and oxygen atoms in total. The molecule has 2 unspecified atom stereocenters. The molecule has 2 aliphatic rings. The zero-order valence-corrected chi connectivity index (χ0v) is 11.5. The summed E-state index contributed by atoms with van der Waals surface area (Å²) in [6.45, 7) is 5.16. The fraction of sp³-hybridized carbons (Fsp3) is 1.00. The maximum atomic E-state index is 10.8. The number of rotatable bonds is 4. The minimum Gasteiger partial charge on any atom is -0.390 e. The third-order valence-electron chi connectivity index (χ3n) is 5.06. The van der Waals surface area contributed by atoms with E-state index in [1.807, 2.05) is 0 Å². The average molecular weight is 240 g/mol. The summed E-state index contributed by atoms with van der Waals surface area (Å²) in [6, 6.07) is 0. The Morgan fingerprint density at radius 3 is 2.59 bits per heavy atom. The minimum atomic E-state index is -0.436. The van der Waals surface area contributed by atoms with E-state index in [9.17, 15) is 5.11 Å². The van der Waals surface area contributed by atoms with Crippen LogP contribution in [0.15, 0.2) is 0 Å². The Morgan fingerprint density at radius 1 is 1.29 bits per heavy atom. The second kappa shape index (κ2) is 5.27. The molecule has 1 N–H and O–H groups in total. The van der Waals surface area contributed by atoms with Crippen molar-refractivity contribution in [3.8, 4) is 0 Å². The van der Waals surface area contributed by atoms with Gasteiger partial charge in [0.1, 0.15) is 0 Å². The van der Waals surface area contributed by atoms with Gasteiger partial charge in [0.15, 0.2) is 0 Å². The van der Waals surface area contributed by atoms with E-state index >= 15 is 0 Å². The first-order valence-electron chi connectivity index (χ1n) is 7.50. The van der Waals surface area contributed by atoms with E-state index in [1.54, 1.807) is 0 Å². The first kappa shape index (κ1) is 13.4. The highest BCUT2D eigenvalue weighted by Crippen LogP contribution is 2.46. The zero-order valence-electron chi connectivity index (χ0n) is 11.5. The molecule has 2 rings (SSSR count). The van der Waals surface area contributed by atoms with Crippen molar-refractivity contribution in [1.82, 2.24) is 0 Å².